The van der Waals surface area contributed by atoms with Crippen molar-refractivity contribution in [3.63, 3.8) is 0 Å². The van der Waals surface area contributed by atoms with Gasteiger partial charge in [0.25, 0.3) is 5.56 Å². The molecule has 126 valence electrons. The van der Waals surface area contributed by atoms with Gasteiger partial charge in [0.2, 0.25) is 0 Å². The number of nitrogens with one attached hydrogen (secondary N) is 1. The van der Waals surface area contributed by atoms with Gasteiger partial charge in [-0.3, -0.25) is 4.79 Å². The average molecular weight is 332 g/mol. The maximum Gasteiger partial charge on any atom is 0.274 e. The van der Waals surface area contributed by atoms with Crippen LogP contribution in [0.5, 0.6) is 0 Å². The summed E-state index contributed by atoms with van der Waals surface area (Å²) in [5.74, 6) is 0.451. The maximum atomic E-state index is 12.6. The van der Waals surface area contributed by atoms with Crippen molar-refractivity contribution in [2.24, 2.45) is 0 Å². The van der Waals surface area contributed by atoms with E-state index in [1.807, 2.05) is 19.1 Å². The Kier molecular flexibility index (Phi) is 3.89. The Bertz CT molecular complexity index is 1030. The Morgan fingerprint density at radius 1 is 1.24 bits per heavy atom. The highest BCUT2D eigenvalue weighted by atomic mass is 16.1. The summed E-state index contributed by atoms with van der Waals surface area (Å²) in [5, 5.41) is 13.7. The van der Waals surface area contributed by atoms with Crippen LogP contribution >= 0.6 is 0 Å². The van der Waals surface area contributed by atoms with Gasteiger partial charge < -0.3 is 4.98 Å². The van der Waals surface area contributed by atoms with Crippen molar-refractivity contribution in [1.82, 2.24) is 14.6 Å². The monoisotopic (exact) mass is 332 g/mol. The molecule has 25 heavy (non-hydrogen) atoms. The summed E-state index contributed by atoms with van der Waals surface area (Å²) in [4.78, 5) is 15.9. The van der Waals surface area contributed by atoms with Crippen LogP contribution < -0.4 is 5.56 Å². The van der Waals surface area contributed by atoms with Crippen LogP contribution in [0, 0.1) is 18.3 Å². The minimum absolute atomic E-state index is 0.142. The van der Waals surface area contributed by atoms with E-state index in [0.717, 1.165) is 35.3 Å². The minimum Gasteiger partial charge on any atom is -0.339 e. The molecular weight excluding hydrogens is 312 g/mol. The second kappa shape index (κ2) is 6.21. The number of hydrogen-bond acceptors (Lipinski definition) is 3. The van der Waals surface area contributed by atoms with Gasteiger partial charge in [-0.05, 0) is 37.5 Å². The maximum absolute atomic E-state index is 12.6. The molecule has 0 unspecified atom stereocenters. The summed E-state index contributed by atoms with van der Waals surface area (Å²) in [7, 11) is 0. The molecule has 0 radical (unpaired) electrons. The van der Waals surface area contributed by atoms with Gasteiger partial charge in [0.05, 0.1) is 23.0 Å². The first-order chi connectivity index (χ1) is 12.2. The third kappa shape index (κ3) is 2.74. The SMILES string of the molecule is Cc1c(C2CCCCC2)nn2c(=O)cc(-c3cccc(C#N)c3)[nH]c12. The smallest absolute Gasteiger partial charge is 0.274 e. The number of nitriles is 1. The van der Waals surface area contributed by atoms with Gasteiger partial charge in [-0.25, -0.2) is 0 Å². The Morgan fingerprint density at radius 2 is 2.04 bits per heavy atom. The summed E-state index contributed by atoms with van der Waals surface area (Å²) >= 11 is 0. The first-order valence-corrected chi connectivity index (χ1v) is 8.80. The largest absolute Gasteiger partial charge is 0.339 e. The van der Waals surface area contributed by atoms with E-state index in [2.05, 4.69) is 16.2 Å². The van der Waals surface area contributed by atoms with Gasteiger partial charge in [-0.1, -0.05) is 31.4 Å². The molecule has 2 heterocycles. The van der Waals surface area contributed by atoms with Gasteiger partial charge in [0, 0.05) is 17.5 Å². The quantitative estimate of drug-likeness (QED) is 0.773. The lowest BCUT2D eigenvalue weighted by molar-refractivity contribution is 0.434. The van der Waals surface area contributed by atoms with Crippen LogP contribution in [-0.4, -0.2) is 14.6 Å². The zero-order valence-corrected chi connectivity index (χ0v) is 14.2. The first-order valence-electron chi connectivity index (χ1n) is 8.80. The Labute approximate surface area is 145 Å². The molecule has 1 aliphatic carbocycles. The van der Waals surface area contributed by atoms with Crippen molar-refractivity contribution >= 4 is 5.65 Å². The molecule has 0 amide bonds. The van der Waals surface area contributed by atoms with Gasteiger partial charge in [0.1, 0.15) is 5.65 Å². The fourth-order valence-corrected chi connectivity index (χ4v) is 3.84. The molecule has 1 aromatic carbocycles. The van der Waals surface area contributed by atoms with E-state index in [0.29, 0.717) is 17.2 Å². The fourth-order valence-electron chi connectivity index (χ4n) is 3.84. The number of rotatable bonds is 2. The zero-order chi connectivity index (χ0) is 17.4. The Hall–Kier alpha value is -2.87. The summed E-state index contributed by atoms with van der Waals surface area (Å²) in [6, 6.07) is 11.0. The summed E-state index contributed by atoms with van der Waals surface area (Å²) in [6.07, 6.45) is 6.06. The van der Waals surface area contributed by atoms with Crippen molar-refractivity contribution in [2.45, 2.75) is 44.9 Å². The zero-order valence-electron chi connectivity index (χ0n) is 14.2. The number of hydrogen-bond donors (Lipinski definition) is 1. The molecule has 1 N–H and O–H groups in total. The normalized spacial score (nSPS) is 15.4. The summed E-state index contributed by atoms with van der Waals surface area (Å²) < 4.78 is 1.48. The predicted molar refractivity (Wildman–Crippen MR) is 96.5 cm³/mol. The van der Waals surface area contributed by atoms with Crippen molar-refractivity contribution < 1.29 is 0 Å². The van der Waals surface area contributed by atoms with Crippen molar-refractivity contribution in [2.75, 3.05) is 0 Å². The highest BCUT2D eigenvalue weighted by molar-refractivity contribution is 5.64. The molecule has 0 spiro atoms. The molecular formula is C20H20N4O. The molecule has 2 aromatic heterocycles. The standard InChI is InChI=1S/C20H20N4O/c1-13-19(15-7-3-2-4-8-15)23-24-18(25)11-17(22-20(13)24)16-9-5-6-14(10-16)12-21/h5-6,9-11,15,22H,2-4,7-8H2,1H3. The molecule has 0 atom stereocenters. The molecule has 5 heteroatoms. The molecule has 0 aliphatic heterocycles. The van der Waals surface area contributed by atoms with Gasteiger partial charge in [-0.2, -0.15) is 14.9 Å². The Balaban J connectivity index is 1.85. The van der Waals surface area contributed by atoms with Gasteiger partial charge in [-0.15, -0.1) is 0 Å². The third-order valence-corrected chi connectivity index (χ3v) is 5.18. The minimum atomic E-state index is -0.142. The van der Waals surface area contributed by atoms with E-state index in [-0.39, 0.29) is 5.56 Å². The number of nitrogens with zero attached hydrogens (tertiary/aromatic N) is 3. The van der Waals surface area contributed by atoms with E-state index in [1.54, 1.807) is 18.2 Å². The number of benzene rings is 1. The first kappa shape index (κ1) is 15.6. The van der Waals surface area contributed by atoms with Crippen LogP contribution in [0.2, 0.25) is 0 Å². The second-order valence-electron chi connectivity index (χ2n) is 6.82. The molecule has 5 nitrogen and oxygen atoms in total. The molecule has 0 saturated heterocycles. The van der Waals surface area contributed by atoms with Gasteiger partial charge >= 0.3 is 0 Å². The fraction of sp³-hybridized carbons (Fsp3) is 0.350. The van der Waals surface area contributed by atoms with E-state index < -0.39 is 0 Å². The predicted octanol–water partition coefficient (Wildman–Crippen LogP) is 3.92. The van der Waals surface area contributed by atoms with Crippen molar-refractivity contribution in [1.29, 1.82) is 5.26 Å². The topological polar surface area (TPSA) is 74.0 Å². The number of aromatic amines is 1. The molecule has 1 fully saturated rings. The number of aryl methyl sites for hydroxylation is 1. The number of aromatic nitrogens is 3. The van der Waals surface area contributed by atoms with Gasteiger partial charge in [0.15, 0.2) is 0 Å². The number of H-pyrrole nitrogens is 1. The highest BCUT2D eigenvalue weighted by Gasteiger charge is 2.22. The van der Waals surface area contributed by atoms with Crippen LogP contribution in [-0.2, 0) is 0 Å². The summed E-state index contributed by atoms with van der Waals surface area (Å²) in [6.45, 7) is 2.04. The lowest BCUT2D eigenvalue weighted by atomic mass is 9.86. The third-order valence-electron chi connectivity index (χ3n) is 5.18. The van der Waals surface area contributed by atoms with E-state index in [9.17, 15) is 4.79 Å². The van der Waals surface area contributed by atoms with Crippen LogP contribution in [0.25, 0.3) is 16.9 Å². The van der Waals surface area contributed by atoms with Crippen LogP contribution in [0.15, 0.2) is 35.1 Å². The van der Waals surface area contributed by atoms with Crippen molar-refractivity contribution in [3.05, 3.63) is 57.5 Å². The number of fused-ring (bicyclic) bond motifs is 1. The van der Waals surface area contributed by atoms with Crippen LogP contribution in [0.1, 0.15) is 54.8 Å². The average Bonchev–Trinajstić information content (AvgIpc) is 3.00. The lowest BCUT2D eigenvalue weighted by Gasteiger charge is -2.20. The van der Waals surface area contributed by atoms with E-state index >= 15 is 0 Å². The second-order valence-corrected chi connectivity index (χ2v) is 6.82. The lowest BCUT2D eigenvalue weighted by Crippen LogP contribution is -2.15. The van der Waals surface area contributed by atoms with Crippen LogP contribution in [0.3, 0.4) is 0 Å². The Morgan fingerprint density at radius 3 is 2.80 bits per heavy atom. The van der Waals surface area contributed by atoms with E-state index in [4.69, 9.17) is 5.26 Å². The molecule has 4 rings (SSSR count). The van der Waals surface area contributed by atoms with E-state index in [1.165, 1.54) is 23.8 Å². The van der Waals surface area contributed by atoms with Crippen LogP contribution in [0.4, 0.5) is 0 Å². The summed E-state index contributed by atoms with van der Waals surface area (Å²) in [5.41, 5.74) is 4.84. The molecule has 3 aromatic rings. The molecule has 1 aliphatic rings. The molecule has 1 saturated carbocycles. The van der Waals surface area contributed by atoms with Crippen molar-refractivity contribution in [3.8, 4) is 17.3 Å². The highest BCUT2D eigenvalue weighted by Crippen LogP contribution is 2.34. The molecule has 0 bridgehead atoms.